The average Bonchev–Trinajstić information content (AvgIpc) is 3.30. The zero-order chi connectivity index (χ0) is 26.8. The monoisotopic (exact) mass is 593 g/mol. The van der Waals surface area contributed by atoms with Crippen molar-refractivity contribution in [1.82, 2.24) is 9.66 Å². The maximum atomic E-state index is 13.4. The topological polar surface area (TPSA) is 95.9 Å². The molecule has 0 atom stereocenters. The highest BCUT2D eigenvalue weighted by atomic mass is 79.9. The fourth-order valence-corrected chi connectivity index (χ4v) is 4.48. The summed E-state index contributed by atoms with van der Waals surface area (Å²) in [5.41, 5.74) is 1.47. The van der Waals surface area contributed by atoms with Gasteiger partial charge in [-0.2, -0.15) is 9.78 Å². The molecule has 0 amide bonds. The molecule has 3 aromatic carbocycles. The van der Waals surface area contributed by atoms with Gasteiger partial charge in [0.2, 0.25) is 5.82 Å². The van der Waals surface area contributed by atoms with Crippen molar-refractivity contribution in [3.8, 4) is 17.3 Å². The standard InChI is InChI=1S/C28H21BrClN3O5/c1-16(2)37-26(34)15-36-24-9-7-17(11-21(24)29)14-31-33-27(32-22-6-4-3-5-20(22)28(33)35)25-13-18-12-19(30)8-10-23(18)38-25/h3-14,16H,15H2,1-2H3. The Morgan fingerprint density at radius 2 is 1.97 bits per heavy atom. The van der Waals surface area contributed by atoms with Gasteiger partial charge in [0.05, 0.1) is 27.7 Å². The van der Waals surface area contributed by atoms with Gasteiger partial charge in [-0.3, -0.25) is 4.79 Å². The van der Waals surface area contributed by atoms with E-state index in [0.29, 0.717) is 43.1 Å². The normalized spacial score (nSPS) is 11.6. The Kier molecular flexibility index (Phi) is 7.31. The van der Waals surface area contributed by atoms with E-state index >= 15 is 0 Å². The third kappa shape index (κ3) is 5.49. The molecule has 0 spiro atoms. The Bertz CT molecular complexity index is 1760. The number of benzene rings is 3. The van der Waals surface area contributed by atoms with Crippen LogP contribution in [0.4, 0.5) is 0 Å². The lowest BCUT2D eigenvalue weighted by atomic mass is 10.2. The van der Waals surface area contributed by atoms with Crippen LogP contribution in [-0.4, -0.2) is 34.6 Å². The highest BCUT2D eigenvalue weighted by molar-refractivity contribution is 9.10. The highest BCUT2D eigenvalue weighted by Crippen LogP contribution is 2.29. The molecule has 8 nitrogen and oxygen atoms in total. The lowest BCUT2D eigenvalue weighted by Crippen LogP contribution is -2.20. The van der Waals surface area contributed by atoms with Crippen LogP contribution < -0.4 is 10.3 Å². The van der Waals surface area contributed by atoms with E-state index in [9.17, 15) is 9.59 Å². The molecule has 192 valence electrons. The Morgan fingerprint density at radius 1 is 1.16 bits per heavy atom. The molecule has 0 unspecified atom stereocenters. The van der Waals surface area contributed by atoms with Crippen molar-refractivity contribution in [3.63, 3.8) is 0 Å². The molecule has 5 rings (SSSR count). The Morgan fingerprint density at radius 3 is 2.76 bits per heavy atom. The number of carbonyl (C=O) groups is 1. The minimum absolute atomic E-state index is 0.214. The molecule has 0 aliphatic rings. The van der Waals surface area contributed by atoms with Crippen LogP contribution in [0.15, 0.2) is 85.5 Å². The Labute approximate surface area is 230 Å². The number of nitrogens with zero attached hydrogens (tertiary/aromatic N) is 3. The first-order valence-electron chi connectivity index (χ1n) is 11.7. The zero-order valence-corrected chi connectivity index (χ0v) is 22.7. The van der Waals surface area contributed by atoms with E-state index < -0.39 is 5.97 Å². The summed E-state index contributed by atoms with van der Waals surface area (Å²) in [5.74, 6) is 0.635. The number of ether oxygens (including phenoxy) is 2. The van der Waals surface area contributed by atoms with Crippen LogP contribution in [0.5, 0.6) is 5.75 Å². The number of hydrogen-bond acceptors (Lipinski definition) is 7. The number of para-hydroxylation sites is 1. The van der Waals surface area contributed by atoms with Crippen LogP contribution >= 0.6 is 27.5 Å². The second-order valence-corrected chi connectivity index (χ2v) is 9.91. The molecule has 0 aliphatic carbocycles. The van der Waals surface area contributed by atoms with E-state index in [0.717, 1.165) is 5.39 Å². The quantitative estimate of drug-likeness (QED) is 0.159. The van der Waals surface area contributed by atoms with E-state index in [1.807, 2.05) is 6.07 Å². The van der Waals surface area contributed by atoms with Crippen molar-refractivity contribution in [2.45, 2.75) is 20.0 Å². The molecule has 38 heavy (non-hydrogen) atoms. The summed E-state index contributed by atoms with van der Waals surface area (Å²) in [6, 6.07) is 19.3. The number of aromatic nitrogens is 2. The smallest absolute Gasteiger partial charge is 0.344 e. The average molecular weight is 595 g/mol. The predicted octanol–water partition coefficient (Wildman–Crippen LogP) is 6.44. The second-order valence-electron chi connectivity index (χ2n) is 8.62. The first-order chi connectivity index (χ1) is 18.3. The van der Waals surface area contributed by atoms with Crippen molar-refractivity contribution < 1.29 is 18.7 Å². The van der Waals surface area contributed by atoms with E-state index in [-0.39, 0.29) is 24.1 Å². The Balaban J connectivity index is 1.50. The van der Waals surface area contributed by atoms with Gasteiger partial charge >= 0.3 is 5.97 Å². The summed E-state index contributed by atoms with van der Waals surface area (Å²) >= 11 is 9.59. The molecule has 0 aliphatic heterocycles. The fraction of sp³-hybridized carbons (Fsp3) is 0.143. The summed E-state index contributed by atoms with van der Waals surface area (Å²) in [6.07, 6.45) is 1.31. The molecule has 5 aromatic rings. The minimum Gasteiger partial charge on any atom is -0.481 e. The van der Waals surface area contributed by atoms with Crippen molar-refractivity contribution in [2.75, 3.05) is 6.61 Å². The van der Waals surface area contributed by atoms with Gasteiger partial charge in [-0.25, -0.2) is 9.78 Å². The van der Waals surface area contributed by atoms with Crippen molar-refractivity contribution in [1.29, 1.82) is 0 Å². The van der Waals surface area contributed by atoms with Crippen LogP contribution in [0.2, 0.25) is 5.02 Å². The lowest BCUT2D eigenvalue weighted by Gasteiger charge is -2.10. The maximum Gasteiger partial charge on any atom is 0.344 e. The third-order valence-electron chi connectivity index (χ3n) is 5.44. The molecule has 2 aromatic heterocycles. The largest absolute Gasteiger partial charge is 0.481 e. The fourth-order valence-electron chi connectivity index (χ4n) is 3.79. The Hall–Kier alpha value is -3.95. The van der Waals surface area contributed by atoms with Gasteiger partial charge < -0.3 is 13.9 Å². The van der Waals surface area contributed by atoms with Crippen molar-refractivity contribution in [3.05, 3.63) is 92.1 Å². The first kappa shape index (κ1) is 25.7. The first-order valence-corrected chi connectivity index (χ1v) is 12.8. The van der Waals surface area contributed by atoms with E-state index in [1.54, 1.807) is 74.5 Å². The number of furan rings is 1. The van der Waals surface area contributed by atoms with Gasteiger partial charge in [-0.15, -0.1) is 0 Å². The third-order valence-corrected chi connectivity index (χ3v) is 6.30. The molecular formula is C28H21BrClN3O5. The van der Waals surface area contributed by atoms with Crippen molar-refractivity contribution >= 4 is 61.6 Å². The number of esters is 1. The van der Waals surface area contributed by atoms with Gasteiger partial charge in [-0.05, 0) is 89.9 Å². The van der Waals surface area contributed by atoms with Gasteiger partial charge in [-0.1, -0.05) is 23.7 Å². The number of halogens is 2. The minimum atomic E-state index is -0.457. The van der Waals surface area contributed by atoms with Crippen LogP contribution in [0.3, 0.4) is 0 Å². The van der Waals surface area contributed by atoms with E-state index in [1.165, 1.54) is 10.9 Å². The molecule has 0 radical (unpaired) electrons. The van der Waals surface area contributed by atoms with Crippen LogP contribution in [0.1, 0.15) is 19.4 Å². The summed E-state index contributed by atoms with van der Waals surface area (Å²) in [5, 5.41) is 6.24. The maximum absolute atomic E-state index is 13.4. The van der Waals surface area contributed by atoms with Gasteiger partial charge in [0.15, 0.2) is 12.4 Å². The summed E-state index contributed by atoms with van der Waals surface area (Å²) in [6.45, 7) is 3.33. The lowest BCUT2D eigenvalue weighted by molar-refractivity contribution is -0.149. The molecule has 0 saturated carbocycles. The highest BCUT2D eigenvalue weighted by Gasteiger charge is 2.17. The van der Waals surface area contributed by atoms with Crippen LogP contribution in [0, 0.1) is 0 Å². The predicted molar refractivity (Wildman–Crippen MR) is 150 cm³/mol. The van der Waals surface area contributed by atoms with Crippen LogP contribution in [-0.2, 0) is 9.53 Å². The number of carbonyl (C=O) groups excluding carboxylic acids is 1. The number of rotatable bonds is 7. The summed E-state index contributed by atoms with van der Waals surface area (Å²) < 4.78 is 18.4. The van der Waals surface area contributed by atoms with Gasteiger partial charge in [0.25, 0.3) is 5.56 Å². The number of fused-ring (bicyclic) bond motifs is 2. The summed E-state index contributed by atoms with van der Waals surface area (Å²) in [4.78, 5) is 29.9. The van der Waals surface area contributed by atoms with Crippen LogP contribution in [0.25, 0.3) is 33.5 Å². The molecule has 2 heterocycles. The SMILES string of the molecule is CC(C)OC(=O)COc1ccc(C=Nn2c(-c3cc4cc(Cl)ccc4o3)nc3ccccc3c2=O)cc1Br. The second kappa shape index (κ2) is 10.8. The molecule has 10 heteroatoms. The van der Waals surface area contributed by atoms with E-state index in [2.05, 4.69) is 26.0 Å². The number of hydrogen-bond donors (Lipinski definition) is 0. The summed E-state index contributed by atoms with van der Waals surface area (Å²) in [7, 11) is 0. The van der Waals surface area contributed by atoms with Gasteiger partial charge in [0.1, 0.15) is 11.3 Å². The van der Waals surface area contributed by atoms with Gasteiger partial charge in [0, 0.05) is 10.4 Å². The zero-order valence-electron chi connectivity index (χ0n) is 20.4. The van der Waals surface area contributed by atoms with Crippen molar-refractivity contribution in [2.24, 2.45) is 5.10 Å². The molecular weight excluding hydrogens is 574 g/mol. The molecule has 0 N–H and O–H groups in total. The molecule has 0 saturated heterocycles. The molecule has 0 fully saturated rings. The van der Waals surface area contributed by atoms with E-state index in [4.69, 9.17) is 25.5 Å². The molecule has 0 bridgehead atoms.